The van der Waals surface area contributed by atoms with Gasteiger partial charge in [0.2, 0.25) is 0 Å². The Hall–Kier alpha value is -1.71. The maximum atomic E-state index is 4.45. The second-order valence-corrected chi connectivity index (χ2v) is 6.68. The monoisotopic (exact) mass is 364 g/mol. The molecular weight excluding hydrogens is 348 g/mol. The van der Waals surface area contributed by atoms with Gasteiger partial charge in [0.25, 0.3) is 5.13 Å². The van der Waals surface area contributed by atoms with Crippen molar-refractivity contribution >= 4 is 47.4 Å². The van der Waals surface area contributed by atoms with Crippen LogP contribution >= 0.6 is 36.6 Å². The van der Waals surface area contributed by atoms with Crippen LogP contribution in [0.2, 0.25) is 0 Å². The Balaban J connectivity index is 0.00000192. The Morgan fingerprint density at radius 2 is 1.91 bits per heavy atom. The largest absolute Gasteiger partial charge is 0.251 e. The van der Waals surface area contributed by atoms with E-state index in [1.54, 1.807) is 10.9 Å². The lowest BCUT2D eigenvalue weighted by Gasteiger charge is -2.05. The molecule has 0 radical (unpaired) electrons. The maximum absolute atomic E-state index is 4.45. The number of thiol groups is 2. The van der Waals surface area contributed by atoms with Crippen molar-refractivity contribution in [2.75, 3.05) is 0 Å². The Labute approximate surface area is 149 Å². The molecule has 1 aromatic carbocycles. The van der Waals surface area contributed by atoms with E-state index in [9.17, 15) is 0 Å². The zero-order chi connectivity index (χ0) is 15.7. The Morgan fingerprint density at radius 3 is 2.61 bits per heavy atom. The normalized spacial score (nSPS) is 11.0. The van der Waals surface area contributed by atoms with Crippen molar-refractivity contribution in [3.05, 3.63) is 35.1 Å². The summed E-state index contributed by atoms with van der Waals surface area (Å²) in [6.45, 7) is 3.75. The summed E-state index contributed by atoms with van der Waals surface area (Å²) in [5, 5.41) is 21.9. The van der Waals surface area contributed by atoms with E-state index in [1.165, 1.54) is 11.3 Å². The van der Waals surface area contributed by atoms with Gasteiger partial charge < -0.3 is 0 Å². The van der Waals surface area contributed by atoms with Crippen molar-refractivity contribution in [1.82, 2.24) is 20.0 Å². The number of hydrogen-bond donors (Lipinski definition) is 2. The van der Waals surface area contributed by atoms with Gasteiger partial charge in [0.1, 0.15) is 10.7 Å². The summed E-state index contributed by atoms with van der Waals surface area (Å²) in [5.41, 5.74) is 2.28. The van der Waals surface area contributed by atoms with Crippen LogP contribution in [0.15, 0.2) is 44.4 Å². The van der Waals surface area contributed by atoms with Crippen LogP contribution in [0.4, 0.5) is 10.8 Å². The third-order valence-electron chi connectivity index (χ3n) is 2.84. The highest BCUT2D eigenvalue weighted by atomic mass is 32.1. The van der Waals surface area contributed by atoms with Gasteiger partial charge in [0.15, 0.2) is 0 Å². The van der Waals surface area contributed by atoms with Gasteiger partial charge in [-0.25, -0.2) is 4.68 Å². The minimum Gasteiger partial charge on any atom is -0.237 e. The molecule has 23 heavy (non-hydrogen) atoms. The summed E-state index contributed by atoms with van der Waals surface area (Å²) in [6, 6.07) is 5.65. The number of rotatable bonds is 3. The molecule has 2 heterocycles. The molecular formula is C14H16N6S3. The summed E-state index contributed by atoms with van der Waals surface area (Å²) < 4.78 is 1.72. The molecule has 0 atom stereocenters. The van der Waals surface area contributed by atoms with E-state index in [-0.39, 0.29) is 7.43 Å². The summed E-state index contributed by atoms with van der Waals surface area (Å²) in [4.78, 5) is 1.65. The number of aromatic nitrogens is 4. The molecule has 0 spiro atoms. The van der Waals surface area contributed by atoms with Gasteiger partial charge in [-0.05, 0) is 32.0 Å². The Bertz CT molecular complexity index is 852. The standard InChI is InChI=1S/C13H12N6S3.CH4/c1-7-10(15-17-13-16-14-8(2)22-13)6-19(18-7)11-5-9(20)3-4-12(11)21;/h3-6,20-21H,1-2H3;1H4. The molecule has 3 aromatic rings. The van der Waals surface area contributed by atoms with Crippen LogP contribution in [0.5, 0.6) is 0 Å². The van der Waals surface area contributed by atoms with Crippen LogP contribution in [-0.2, 0) is 0 Å². The lowest BCUT2D eigenvalue weighted by molar-refractivity contribution is 0.843. The van der Waals surface area contributed by atoms with E-state index < -0.39 is 0 Å². The minimum atomic E-state index is 0. The second kappa shape index (κ2) is 7.24. The zero-order valence-electron chi connectivity index (χ0n) is 11.8. The van der Waals surface area contributed by atoms with Crippen LogP contribution in [0.1, 0.15) is 18.1 Å². The summed E-state index contributed by atoms with van der Waals surface area (Å²) in [7, 11) is 0. The van der Waals surface area contributed by atoms with Gasteiger partial charge in [-0.3, -0.25) is 0 Å². The fourth-order valence-electron chi connectivity index (χ4n) is 1.79. The van der Waals surface area contributed by atoms with Crippen molar-refractivity contribution in [2.45, 2.75) is 31.1 Å². The highest BCUT2D eigenvalue weighted by Crippen LogP contribution is 2.27. The topological polar surface area (TPSA) is 68.3 Å². The van der Waals surface area contributed by atoms with Crippen LogP contribution in [-0.4, -0.2) is 20.0 Å². The molecule has 0 fully saturated rings. The molecule has 0 saturated carbocycles. The maximum Gasteiger partial charge on any atom is 0.251 e. The van der Waals surface area contributed by atoms with E-state index in [0.717, 1.165) is 26.2 Å². The van der Waals surface area contributed by atoms with E-state index in [1.807, 2.05) is 32.0 Å². The van der Waals surface area contributed by atoms with E-state index in [2.05, 4.69) is 50.8 Å². The number of aryl methyl sites for hydroxylation is 2. The molecule has 0 aliphatic carbocycles. The van der Waals surface area contributed by atoms with E-state index in [4.69, 9.17) is 0 Å². The molecule has 9 heteroatoms. The van der Waals surface area contributed by atoms with Crippen molar-refractivity contribution in [3.63, 3.8) is 0 Å². The zero-order valence-corrected chi connectivity index (χ0v) is 14.4. The molecule has 0 aliphatic heterocycles. The van der Waals surface area contributed by atoms with Crippen LogP contribution in [0.3, 0.4) is 0 Å². The average Bonchev–Trinajstić information content (AvgIpc) is 3.05. The predicted octanol–water partition coefficient (Wildman–Crippen LogP) is 4.97. The summed E-state index contributed by atoms with van der Waals surface area (Å²) in [6.07, 6.45) is 1.80. The number of azo groups is 1. The van der Waals surface area contributed by atoms with Crippen LogP contribution in [0.25, 0.3) is 5.69 Å². The molecule has 0 aliphatic rings. The molecule has 0 saturated heterocycles. The van der Waals surface area contributed by atoms with Gasteiger partial charge in [0.05, 0.1) is 17.6 Å². The lowest BCUT2D eigenvalue weighted by atomic mass is 10.3. The average molecular weight is 365 g/mol. The number of hydrogen-bond acceptors (Lipinski definition) is 8. The third kappa shape index (κ3) is 3.98. The fraction of sp³-hybridized carbons (Fsp3) is 0.214. The number of benzene rings is 1. The highest BCUT2D eigenvalue weighted by molar-refractivity contribution is 7.80. The summed E-state index contributed by atoms with van der Waals surface area (Å²) in [5.74, 6) is 0. The predicted molar refractivity (Wildman–Crippen MR) is 98.4 cm³/mol. The second-order valence-electron chi connectivity index (χ2n) is 4.52. The first kappa shape index (κ1) is 17.6. The van der Waals surface area contributed by atoms with Gasteiger partial charge in [-0.15, -0.1) is 45.7 Å². The first-order valence-electron chi connectivity index (χ1n) is 6.33. The van der Waals surface area contributed by atoms with E-state index >= 15 is 0 Å². The molecule has 120 valence electrons. The van der Waals surface area contributed by atoms with Crippen LogP contribution < -0.4 is 0 Å². The van der Waals surface area contributed by atoms with Crippen molar-refractivity contribution in [1.29, 1.82) is 0 Å². The van der Waals surface area contributed by atoms with Gasteiger partial charge in [-0.2, -0.15) is 5.10 Å². The third-order valence-corrected chi connectivity index (χ3v) is 4.22. The highest BCUT2D eigenvalue weighted by Gasteiger charge is 2.09. The minimum absolute atomic E-state index is 0. The SMILES string of the molecule is C.Cc1nnc(N=Nc2cn(-c3cc(S)ccc3S)nc2C)s1. The molecule has 3 rings (SSSR count). The fourth-order valence-corrected chi connectivity index (χ4v) is 2.74. The quantitative estimate of drug-likeness (QED) is 0.509. The van der Waals surface area contributed by atoms with Crippen molar-refractivity contribution < 1.29 is 0 Å². The first-order valence-corrected chi connectivity index (χ1v) is 8.04. The molecule has 0 unspecified atom stereocenters. The molecule has 0 bridgehead atoms. The van der Waals surface area contributed by atoms with Crippen molar-refractivity contribution in [3.8, 4) is 5.69 Å². The summed E-state index contributed by atoms with van der Waals surface area (Å²) >= 11 is 10.2. The van der Waals surface area contributed by atoms with E-state index in [0.29, 0.717) is 10.8 Å². The van der Waals surface area contributed by atoms with Crippen molar-refractivity contribution in [2.24, 2.45) is 10.2 Å². The van der Waals surface area contributed by atoms with Crippen LogP contribution in [0, 0.1) is 13.8 Å². The first-order chi connectivity index (χ1) is 10.5. The molecule has 0 N–H and O–H groups in total. The Kier molecular flexibility index (Phi) is 5.55. The van der Waals surface area contributed by atoms with Gasteiger partial charge >= 0.3 is 0 Å². The molecule has 0 amide bonds. The molecule has 2 aromatic heterocycles. The Morgan fingerprint density at radius 1 is 1.13 bits per heavy atom. The molecule has 6 nitrogen and oxygen atoms in total. The van der Waals surface area contributed by atoms with Gasteiger partial charge in [-0.1, -0.05) is 18.8 Å². The number of nitrogens with zero attached hydrogens (tertiary/aromatic N) is 6. The smallest absolute Gasteiger partial charge is 0.237 e. The van der Waals surface area contributed by atoms with Gasteiger partial charge in [0, 0.05) is 9.79 Å². The lowest BCUT2D eigenvalue weighted by Crippen LogP contribution is -1.96.